The molecule has 116 valence electrons. The summed E-state index contributed by atoms with van der Waals surface area (Å²) in [4.78, 5) is 22.4. The number of methoxy groups -OCH3 is 1. The van der Waals surface area contributed by atoms with E-state index in [-0.39, 0.29) is 21.7 Å². The van der Waals surface area contributed by atoms with E-state index < -0.39 is 16.5 Å². The molecule has 1 aromatic rings. The average Bonchev–Trinajstić information content (AvgIpc) is 2.41. The number of amides is 1. The highest BCUT2D eigenvalue weighted by Gasteiger charge is 2.21. The highest BCUT2D eigenvalue weighted by Crippen LogP contribution is 2.33. The SMILES string of the molecule is CCCC(COC)NC(=O)c1cc(Cl)c(Cl)c([N+](=O)[O-])c1. The summed E-state index contributed by atoms with van der Waals surface area (Å²) in [5.74, 6) is -0.452. The maximum Gasteiger partial charge on any atom is 0.290 e. The van der Waals surface area contributed by atoms with Crippen LogP contribution in [0.5, 0.6) is 0 Å². The molecule has 1 rings (SSSR count). The van der Waals surface area contributed by atoms with Crippen molar-refractivity contribution in [3.8, 4) is 0 Å². The Hall–Kier alpha value is -1.37. The van der Waals surface area contributed by atoms with Crippen LogP contribution in [0.25, 0.3) is 0 Å². The van der Waals surface area contributed by atoms with Crippen molar-refractivity contribution in [2.45, 2.75) is 25.8 Å². The fourth-order valence-corrected chi connectivity index (χ4v) is 2.25. The summed E-state index contributed by atoms with van der Waals surface area (Å²) in [5, 5.41) is 13.4. The highest BCUT2D eigenvalue weighted by molar-refractivity contribution is 6.43. The molecule has 8 heteroatoms. The van der Waals surface area contributed by atoms with Crippen LogP contribution < -0.4 is 5.32 Å². The van der Waals surface area contributed by atoms with E-state index in [4.69, 9.17) is 27.9 Å². The lowest BCUT2D eigenvalue weighted by molar-refractivity contribution is -0.384. The number of hydrogen-bond donors (Lipinski definition) is 1. The second-order valence-electron chi connectivity index (χ2n) is 4.46. The number of ether oxygens (including phenoxy) is 1. The van der Waals surface area contributed by atoms with Crippen LogP contribution in [0.1, 0.15) is 30.1 Å². The van der Waals surface area contributed by atoms with E-state index in [2.05, 4.69) is 5.32 Å². The molecule has 1 N–H and O–H groups in total. The van der Waals surface area contributed by atoms with Crippen molar-refractivity contribution in [1.29, 1.82) is 0 Å². The molecule has 0 aliphatic carbocycles. The fourth-order valence-electron chi connectivity index (χ4n) is 1.85. The molecule has 0 saturated carbocycles. The van der Waals surface area contributed by atoms with E-state index in [0.717, 1.165) is 18.9 Å². The van der Waals surface area contributed by atoms with Gasteiger partial charge in [0.05, 0.1) is 22.6 Å². The molecule has 0 heterocycles. The molecule has 1 amide bonds. The minimum absolute atomic E-state index is 0.0326. The van der Waals surface area contributed by atoms with Crippen LogP contribution in [-0.2, 0) is 4.74 Å². The number of nitro benzene ring substituents is 1. The topological polar surface area (TPSA) is 81.5 Å². The van der Waals surface area contributed by atoms with E-state index in [1.54, 1.807) is 7.11 Å². The monoisotopic (exact) mass is 334 g/mol. The number of nitrogens with zero attached hydrogens (tertiary/aromatic N) is 1. The lowest BCUT2D eigenvalue weighted by atomic mass is 10.1. The molecule has 0 fully saturated rings. The van der Waals surface area contributed by atoms with Gasteiger partial charge in [-0.15, -0.1) is 0 Å². The van der Waals surface area contributed by atoms with E-state index >= 15 is 0 Å². The molecule has 6 nitrogen and oxygen atoms in total. The Morgan fingerprint density at radius 1 is 1.48 bits per heavy atom. The van der Waals surface area contributed by atoms with Gasteiger partial charge < -0.3 is 10.1 Å². The Balaban J connectivity index is 2.99. The van der Waals surface area contributed by atoms with Gasteiger partial charge in [-0.25, -0.2) is 0 Å². The van der Waals surface area contributed by atoms with Crippen molar-refractivity contribution in [3.63, 3.8) is 0 Å². The second-order valence-corrected chi connectivity index (χ2v) is 5.25. The number of nitrogens with one attached hydrogen (secondary N) is 1. The average molecular weight is 335 g/mol. The molecule has 1 unspecified atom stereocenters. The van der Waals surface area contributed by atoms with Gasteiger partial charge in [-0.3, -0.25) is 14.9 Å². The fraction of sp³-hybridized carbons (Fsp3) is 0.462. The zero-order chi connectivity index (χ0) is 16.0. The smallest absolute Gasteiger partial charge is 0.290 e. The van der Waals surface area contributed by atoms with Gasteiger partial charge >= 0.3 is 0 Å². The molecule has 0 aliphatic rings. The van der Waals surface area contributed by atoms with Crippen LogP contribution in [0.2, 0.25) is 10.0 Å². The molecule has 0 saturated heterocycles. The summed E-state index contributed by atoms with van der Waals surface area (Å²) in [7, 11) is 1.54. The van der Waals surface area contributed by atoms with Gasteiger partial charge in [0.1, 0.15) is 5.02 Å². The molecule has 0 aliphatic heterocycles. The first-order valence-corrected chi connectivity index (χ1v) is 7.09. The third kappa shape index (κ3) is 4.84. The first-order valence-electron chi connectivity index (χ1n) is 6.33. The lowest BCUT2D eigenvalue weighted by Gasteiger charge is -2.17. The predicted molar refractivity (Wildman–Crippen MR) is 81.2 cm³/mol. The van der Waals surface area contributed by atoms with Crippen molar-refractivity contribution in [2.24, 2.45) is 0 Å². The van der Waals surface area contributed by atoms with E-state index in [9.17, 15) is 14.9 Å². The van der Waals surface area contributed by atoms with Gasteiger partial charge in [-0.2, -0.15) is 0 Å². The molecular formula is C13H16Cl2N2O4. The Kier molecular flexibility index (Phi) is 6.87. The van der Waals surface area contributed by atoms with E-state index in [1.165, 1.54) is 6.07 Å². The zero-order valence-corrected chi connectivity index (χ0v) is 13.2. The lowest BCUT2D eigenvalue weighted by Crippen LogP contribution is -2.37. The van der Waals surface area contributed by atoms with Crippen molar-refractivity contribution in [1.82, 2.24) is 5.32 Å². The number of carbonyl (C=O) groups excluding carboxylic acids is 1. The molecule has 21 heavy (non-hydrogen) atoms. The Morgan fingerprint density at radius 2 is 2.14 bits per heavy atom. The molecule has 1 aromatic carbocycles. The summed E-state index contributed by atoms with van der Waals surface area (Å²) in [6, 6.07) is 2.25. The number of benzene rings is 1. The van der Waals surface area contributed by atoms with Gasteiger partial charge in [-0.05, 0) is 12.5 Å². The summed E-state index contributed by atoms with van der Waals surface area (Å²) >= 11 is 11.6. The van der Waals surface area contributed by atoms with Gasteiger partial charge in [0.25, 0.3) is 11.6 Å². The first-order chi connectivity index (χ1) is 9.90. The quantitative estimate of drug-likeness (QED) is 0.611. The van der Waals surface area contributed by atoms with Crippen molar-refractivity contribution >= 4 is 34.8 Å². The number of nitro groups is 1. The standard InChI is InChI=1S/C13H16Cl2N2O4/c1-3-4-9(7-21-2)16-13(18)8-5-10(14)12(15)11(6-8)17(19)20/h5-6,9H,3-4,7H2,1-2H3,(H,16,18). The van der Waals surface area contributed by atoms with Crippen LogP contribution in [0.4, 0.5) is 5.69 Å². The Labute approximate surface area is 132 Å². The molecule has 0 aromatic heterocycles. The van der Waals surface area contributed by atoms with Crippen LogP contribution in [0.3, 0.4) is 0 Å². The second kappa shape index (κ2) is 8.17. The van der Waals surface area contributed by atoms with Crippen molar-refractivity contribution < 1.29 is 14.5 Å². The summed E-state index contributed by atoms with van der Waals surface area (Å²) < 4.78 is 5.03. The summed E-state index contributed by atoms with van der Waals surface area (Å²) in [6.45, 7) is 2.35. The highest BCUT2D eigenvalue weighted by atomic mass is 35.5. The molecule has 0 bridgehead atoms. The van der Waals surface area contributed by atoms with E-state index in [0.29, 0.717) is 6.61 Å². The van der Waals surface area contributed by atoms with Crippen LogP contribution in [0.15, 0.2) is 12.1 Å². The number of hydrogen-bond acceptors (Lipinski definition) is 4. The zero-order valence-electron chi connectivity index (χ0n) is 11.7. The molecule has 0 radical (unpaired) electrons. The number of carbonyl (C=O) groups is 1. The molecule has 0 spiro atoms. The minimum Gasteiger partial charge on any atom is -0.383 e. The van der Waals surface area contributed by atoms with Crippen LogP contribution in [-0.4, -0.2) is 30.6 Å². The molecular weight excluding hydrogens is 319 g/mol. The van der Waals surface area contributed by atoms with Crippen molar-refractivity contribution in [3.05, 3.63) is 37.9 Å². The summed E-state index contributed by atoms with van der Waals surface area (Å²) in [6.07, 6.45) is 1.61. The van der Waals surface area contributed by atoms with Gasteiger partial charge in [0, 0.05) is 18.7 Å². The first kappa shape index (κ1) is 17.7. The number of rotatable bonds is 7. The van der Waals surface area contributed by atoms with Crippen LogP contribution in [0, 0.1) is 10.1 Å². The van der Waals surface area contributed by atoms with Gasteiger partial charge in [0.15, 0.2) is 0 Å². The predicted octanol–water partition coefficient (Wildman–Crippen LogP) is 3.45. The Bertz CT molecular complexity index is 531. The third-order valence-electron chi connectivity index (χ3n) is 2.81. The molecule has 1 atom stereocenters. The third-order valence-corrected chi connectivity index (χ3v) is 3.60. The maximum absolute atomic E-state index is 12.2. The van der Waals surface area contributed by atoms with Gasteiger partial charge in [-0.1, -0.05) is 36.5 Å². The Morgan fingerprint density at radius 3 is 2.67 bits per heavy atom. The maximum atomic E-state index is 12.2. The van der Waals surface area contributed by atoms with Crippen LogP contribution >= 0.6 is 23.2 Å². The largest absolute Gasteiger partial charge is 0.383 e. The normalized spacial score (nSPS) is 12.0. The van der Waals surface area contributed by atoms with Crippen molar-refractivity contribution in [2.75, 3.05) is 13.7 Å². The summed E-state index contributed by atoms with van der Waals surface area (Å²) in [5.41, 5.74) is -0.304. The van der Waals surface area contributed by atoms with E-state index in [1.807, 2.05) is 6.92 Å². The number of halogens is 2. The minimum atomic E-state index is -0.677. The van der Waals surface area contributed by atoms with Gasteiger partial charge in [0.2, 0.25) is 0 Å².